The van der Waals surface area contributed by atoms with Crippen molar-refractivity contribution in [3.8, 4) is 11.1 Å². The van der Waals surface area contributed by atoms with Crippen molar-refractivity contribution < 1.29 is 5.79 Å². The summed E-state index contributed by atoms with van der Waals surface area (Å²) in [5, 5.41) is 0.561. The standard InChI is InChI=1S/C15H10O2/c16-15-12-8-4-5-9-14(12)17-10-13(15)11-6-2-1-3-7-11/h1-10H/i2D. The Bertz CT molecular complexity index is 775. The van der Waals surface area contributed by atoms with Crippen LogP contribution in [0.3, 0.4) is 0 Å². The summed E-state index contributed by atoms with van der Waals surface area (Å²) in [6.07, 6.45) is 1.46. The molecule has 2 nitrogen and oxygen atoms in total. The molecular weight excluding hydrogens is 212 g/mol. The van der Waals surface area contributed by atoms with Crippen LogP contribution in [0.5, 0.6) is 0 Å². The van der Waals surface area contributed by atoms with Gasteiger partial charge in [0.05, 0.1) is 12.3 Å². The Labute approximate surface area is 99.5 Å². The van der Waals surface area contributed by atoms with Crippen LogP contribution in [0.2, 0.25) is 0 Å². The van der Waals surface area contributed by atoms with Crippen molar-refractivity contribution in [2.75, 3.05) is 0 Å². The molecule has 2 aromatic carbocycles. The second-order valence-corrected chi connectivity index (χ2v) is 3.77. The van der Waals surface area contributed by atoms with E-state index >= 15 is 0 Å². The predicted octanol–water partition coefficient (Wildman–Crippen LogP) is 3.46. The first kappa shape index (κ1) is 8.76. The molecule has 17 heavy (non-hydrogen) atoms. The SMILES string of the molecule is [2H]c1cccc(-c2coc3ccccc3c2=O)c1. The highest BCUT2D eigenvalue weighted by atomic mass is 16.3. The zero-order valence-corrected chi connectivity index (χ0v) is 9.01. The van der Waals surface area contributed by atoms with Crippen molar-refractivity contribution in [2.24, 2.45) is 0 Å². The van der Waals surface area contributed by atoms with Gasteiger partial charge in [-0.2, -0.15) is 0 Å². The molecule has 0 amide bonds. The molecule has 0 atom stereocenters. The third kappa shape index (κ3) is 1.64. The number of benzene rings is 2. The summed E-state index contributed by atoms with van der Waals surface area (Å²) in [6, 6.07) is 14.4. The predicted molar refractivity (Wildman–Crippen MR) is 67.9 cm³/mol. The Morgan fingerprint density at radius 1 is 1.00 bits per heavy atom. The van der Waals surface area contributed by atoms with Crippen LogP contribution in [0.15, 0.2) is 70.0 Å². The molecule has 0 aliphatic carbocycles. The molecule has 82 valence electrons. The Hall–Kier alpha value is -2.35. The van der Waals surface area contributed by atoms with Crippen molar-refractivity contribution in [3.63, 3.8) is 0 Å². The summed E-state index contributed by atoms with van der Waals surface area (Å²) in [7, 11) is 0. The second-order valence-electron chi connectivity index (χ2n) is 3.77. The minimum Gasteiger partial charge on any atom is -0.463 e. The molecule has 1 aromatic heterocycles. The van der Waals surface area contributed by atoms with Crippen LogP contribution in [0.25, 0.3) is 22.1 Å². The first-order chi connectivity index (χ1) is 8.75. The van der Waals surface area contributed by atoms with E-state index < -0.39 is 0 Å². The van der Waals surface area contributed by atoms with Gasteiger partial charge in [0.15, 0.2) is 5.43 Å². The Morgan fingerprint density at radius 3 is 2.71 bits per heavy atom. The number of rotatable bonds is 1. The van der Waals surface area contributed by atoms with Gasteiger partial charge in [-0.25, -0.2) is 0 Å². The van der Waals surface area contributed by atoms with Crippen LogP contribution in [0.4, 0.5) is 0 Å². The van der Waals surface area contributed by atoms with E-state index in [-0.39, 0.29) is 5.43 Å². The molecule has 0 saturated carbocycles. The maximum Gasteiger partial charge on any atom is 0.200 e. The minimum atomic E-state index is -0.0672. The molecule has 2 heteroatoms. The van der Waals surface area contributed by atoms with E-state index in [1.165, 1.54) is 6.26 Å². The molecule has 0 unspecified atom stereocenters. The minimum absolute atomic E-state index is 0.0672. The second kappa shape index (κ2) is 3.91. The first-order valence-electron chi connectivity index (χ1n) is 5.83. The molecule has 0 spiro atoms. The number of fused-ring (bicyclic) bond motifs is 1. The van der Waals surface area contributed by atoms with Gasteiger partial charge in [-0.15, -0.1) is 0 Å². The Kier molecular flexibility index (Phi) is 2.01. The summed E-state index contributed by atoms with van der Waals surface area (Å²) < 4.78 is 13.0. The molecule has 3 aromatic rings. The maximum atomic E-state index is 12.3. The fourth-order valence-electron chi connectivity index (χ4n) is 1.84. The van der Waals surface area contributed by atoms with Crippen LogP contribution >= 0.6 is 0 Å². The Morgan fingerprint density at radius 2 is 1.82 bits per heavy atom. The van der Waals surface area contributed by atoms with Gasteiger partial charge in [-0.1, -0.05) is 42.4 Å². The molecule has 0 radical (unpaired) electrons. The van der Waals surface area contributed by atoms with Crippen molar-refractivity contribution in [2.45, 2.75) is 0 Å². The molecule has 1 heterocycles. The lowest BCUT2D eigenvalue weighted by atomic mass is 10.1. The average Bonchev–Trinajstić information content (AvgIpc) is 2.39. The Balaban J connectivity index is 2.31. The third-order valence-electron chi connectivity index (χ3n) is 2.70. The van der Waals surface area contributed by atoms with Crippen LogP contribution < -0.4 is 5.43 Å². The highest BCUT2D eigenvalue weighted by Gasteiger charge is 2.07. The van der Waals surface area contributed by atoms with Gasteiger partial charge in [0.25, 0.3) is 0 Å². The highest BCUT2D eigenvalue weighted by molar-refractivity contribution is 5.81. The lowest BCUT2D eigenvalue weighted by Gasteiger charge is -2.01. The van der Waals surface area contributed by atoms with E-state index in [0.29, 0.717) is 28.1 Å². The molecule has 0 saturated heterocycles. The van der Waals surface area contributed by atoms with Gasteiger partial charge < -0.3 is 4.42 Å². The van der Waals surface area contributed by atoms with E-state index in [2.05, 4.69) is 0 Å². The van der Waals surface area contributed by atoms with Crippen LogP contribution in [-0.4, -0.2) is 0 Å². The van der Waals surface area contributed by atoms with Gasteiger partial charge in [-0.3, -0.25) is 4.79 Å². The fourth-order valence-corrected chi connectivity index (χ4v) is 1.84. The van der Waals surface area contributed by atoms with Gasteiger partial charge >= 0.3 is 0 Å². The molecule has 0 N–H and O–H groups in total. The lowest BCUT2D eigenvalue weighted by Crippen LogP contribution is -2.04. The van der Waals surface area contributed by atoms with Gasteiger partial charge in [0.2, 0.25) is 0 Å². The third-order valence-corrected chi connectivity index (χ3v) is 2.70. The summed E-state index contributed by atoms with van der Waals surface area (Å²) in [4.78, 5) is 12.3. The van der Waals surface area contributed by atoms with Crippen molar-refractivity contribution in [1.29, 1.82) is 0 Å². The topological polar surface area (TPSA) is 30.2 Å². The fraction of sp³-hybridized carbons (Fsp3) is 0. The molecule has 0 aliphatic rings. The van der Waals surface area contributed by atoms with Crippen LogP contribution in [0, 0.1) is 0 Å². The van der Waals surface area contributed by atoms with Gasteiger partial charge in [-0.05, 0) is 17.7 Å². The van der Waals surface area contributed by atoms with Crippen molar-refractivity contribution in [3.05, 3.63) is 71.1 Å². The monoisotopic (exact) mass is 223 g/mol. The molecule has 0 aliphatic heterocycles. The van der Waals surface area contributed by atoms with E-state index in [0.717, 1.165) is 0 Å². The average molecular weight is 223 g/mol. The van der Waals surface area contributed by atoms with E-state index in [1.54, 1.807) is 36.4 Å². The zero-order valence-electron chi connectivity index (χ0n) is 10.0. The van der Waals surface area contributed by atoms with Crippen molar-refractivity contribution in [1.82, 2.24) is 0 Å². The summed E-state index contributed by atoms with van der Waals surface area (Å²) in [5.41, 5.74) is 1.71. The molecule has 3 rings (SSSR count). The largest absolute Gasteiger partial charge is 0.463 e. The smallest absolute Gasteiger partial charge is 0.200 e. The van der Waals surface area contributed by atoms with Gasteiger partial charge in [0.1, 0.15) is 11.8 Å². The zero-order chi connectivity index (χ0) is 12.5. The van der Waals surface area contributed by atoms with Crippen LogP contribution in [-0.2, 0) is 0 Å². The molecular formula is C15H10O2. The summed E-state index contributed by atoms with van der Waals surface area (Å²) in [6.45, 7) is 0. The number of hydrogen-bond acceptors (Lipinski definition) is 2. The highest BCUT2D eigenvalue weighted by Crippen LogP contribution is 2.18. The van der Waals surface area contributed by atoms with Gasteiger partial charge in [0, 0.05) is 0 Å². The van der Waals surface area contributed by atoms with Crippen LogP contribution in [0.1, 0.15) is 1.37 Å². The lowest BCUT2D eigenvalue weighted by molar-refractivity contribution is 0.604. The molecule has 0 bridgehead atoms. The molecule has 0 fully saturated rings. The maximum absolute atomic E-state index is 12.3. The summed E-state index contributed by atoms with van der Waals surface area (Å²) in [5.74, 6) is 0. The first-order valence-corrected chi connectivity index (χ1v) is 5.33. The quantitative estimate of drug-likeness (QED) is 0.632. The van der Waals surface area contributed by atoms with E-state index in [9.17, 15) is 4.79 Å². The van der Waals surface area contributed by atoms with E-state index in [4.69, 9.17) is 5.79 Å². The van der Waals surface area contributed by atoms with E-state index in [1.807, 2.05) is 12.1 Å². The number of hydrogen-bond donors (Lipinski definition) is 0. The van der Waals surface area contributed by atoms with Crippen molar-refractivity contribution >= 4 is 11.0 Å². The normalized spacial score (nSPS) is 11.4. The summed E-state index contributed by atoms with van der Waals surface area (Å²) >= 11 is 0. The number of para-hydroxylation sites is 1.